The van der Waals surface area contributed by atoms with Gasteiger partial charge < -0.3 is 0 Å². The van der Waals surface area contributed by atoms with Gasteiger partial charge in [-0.1, -0.05) is 0 Å². The van der Waals surface area contributed by atoms with Crippen LogP contribution in [0.5, 0.6) is 0 Å². The average Bonchev–Trinajstić information content (AvgIpc) is 2.92. The molecule has 0 saturated heterocycles. The van der Waals surface area contributed by atoms with Crippen molar-refractivity contribution in [2.75, 3.05) is 13.6 Å². The van der Waals surface area contributed by atoms with Crippen molar-refractivity contribution in [3.63, 3.8) is 0 Å². The lowest BCUT2D eigenvalue weighted by molar-refractivity contribution is 0.250. The first-order valence-electron chi connectivity index (χ1n) is 5.41. The molecule has 0 aromatic carbocycles. The van der Waals surface area contributed by atoms with Crippen LogP contribution < -0.4 is 0 Å². The topological polar surface area (TPSA) is 16.1 Å². The Morgan fingerprint density at radius 2 is 2.40 bits per heavy atom. The van der Waals surface area contributed by atoms with Crippen LogP contribution in [-0.2, 0) is 5.88 Å². The summed E-state index contributed by atoms with van der Waals surface area (Å²) < 4.78 is 0. The van der Waals surface area contributed by atoms with Crippen LogP contribution in [0.25, 0.3) is 0 Å². The number of halogens is 1. The smallest absolute Gasteiger partial charge is 0.110 e. The summed E-state index contributed by atoms with van der Waals surface area (Å²) in [6.45, 7) is 3.43. The zero-order chi connectivity index (χ0) is 10.8. The molecule has 0 radical (unpaired) electrons. The fraction of sp³-hybridized carbons (Fsp3) is 0.727. The molecule has 0 spiro atoms. The maximum atomic E-state index is 5.75. The average molecular weight is 245 g/mol. The van der Waals surface area contributed by atoms with Crippen molar-refractivity contribution in [2.24, 2.45) is 5.92 Å². The van der Waals surface area contributed by atoms with Crippen LogP contribution in [0.1, 0.15) is 36.5 Å². The first kappa shape index (κ1) is 11.4. The molecule has 1 saturated carbocycles. The van der Waals surface area contributed by atoms with Gasteiger partial charge in [-0.15, -0.1) is 22.9 Å². The van der Waals surface area contributed by atoms with Crippen molar-refractivity contribution in [1.82, 2.24) is 9.88 Å². The van der Waals surface area contributed by atoms with E-state index in [0.717, 1.165) is 11.6 Å². The summed E-state index contributed by atoms with van der Waals surface area (Å²) in [7, 11) is 2.19. The van der Waals surface area contributed by atoms with Gasteiger partial charge in [-0.05, 0) is 32.7 Å². The second-order valence-corrected chi connectivity index (χ2v) is 5.53. The molecule has 15 heavy (non-hydrogen) atoms. The quantitative estimate of drug-likeness (QED) is 0.739. The molecule has 84 valence electrons. The van der Waals surface area contributed by atoms with E-state index in [1.54, 1.807) is 11.3 Å². The van der Waals surface area contributed by atoms with E-state index in [-0.39, 0.29) is 0 Å². The van der Waals surface area contributed by atoms with E-state index in [0.29, 0.717) is 11.9 Å². The van der Waals surface area contributed by atoms with Gasteiger partial charge in [0.1, 0.15) is 5.01 Å². The lowest BCUT2D eigenvalue weighted by Crippen LogP contribution is -2.24. The monoisotopic (exact) mass is 244 g/mol. The van der Waals surface area contributed by atoms with Crippen LogP contribution in [-0.4, -0.2) is 23.5 Å². The molecule has 1 unspecified atom stereocenters. The lowest BCUT2D eigenvalue weighted by atomic mass is 10.3. The SMILES string of the molecule is CC(c1nc(CCl)cs1)N(C)CC1CC1. The maximum absolute atomic E-state index is 5.75. The van der Waals surface area contributed by atoms with Gasteiger partial charge in [-0.2, -0.15) is 0 Å². The number of thiazole rings is 1. The summed E-state index contributed by atoms with van der Waals surface area (Å²) in [4.78, 5) is 6.92. The van der Waals surface area contributed by atoms with E-state index in [1.807, 2.05) is 0 Å². The van der Waals surface area contributed by atoms with Crippen LogP contribution in [0, 0.1) is 5.92 Å². The van der Waals surface area contributed by atoms with E-state index < -0.39 is 0 Å². The van der Waals surface area contributed by atoms with E-state index in [1.165, 1.54) is 24.4 Å². The van der Waals surface area contributed by atoms with Crippen molar-refractivity contribution in [1.29, 1.82) is 0 Å². The maximum Gasteiger partial charge on any atom is 0.110 e. The van der Waals surface area contributed by atoms with Crippen molar-refractivity contribution >= 4 is 22.9 Å². The Bertz CT molecular complexity index is 322. The molecule has 0 bridgehead atoms. The third kappa shape index (κ3) is 2.92. The van der Waals surface area contributed by atoms with E-state index >= 15 is 0 Å². The first-order valence-corrected chi connectivity index (χ1v) is 6.82. The molecule has 1 atom stereocenters. The Balaban J connectivity index is 1.95. The number of alkyl halides is 1. The largest absolute Gasteiger partial charge is 0.297 e. The zero-order valence-electron chi connectivity index (χ0n) is 9.24. The second-order valence-electron chi connectivity index (χ2n) is 4.37. The number of aromatic nitrogens is 1. The highest BCUT2D eigenvalue weighted by Gasteiger charge is 2.25. The Labute approximate surface area is 100 Å². The Hall–Kier alpha value is -0.120. The van der Waals surface area contributed by atoms with Gasteiger partial charge in [0.15, 0.2) is 0 Å². The Morgan fingerprint density at radius 1 is 1.67 bits per heavy atom. The summed E-state index contributed by atoms with van der Waals surface area (Å²) >= 11 is 7.47. The van der Waals surface area contributed by atoms with Gasteiger partial charge in [-0.3, -0.25) is 4.90 Å². The van der Waals surface area contributed by atoms with Crippen molar-refractivity contribution in [3.8, 4) is 0 Å². The van der Waals surface area contributed by atoms with E-state index in [4.69, 9.17) is 11.6 Å². The van der Waals surface area contributed by atoms with Crippen molar-refractivity contribution < 1.29 is 0 Å². The minimum atomic E-state index is 0.424. The van der Waals surface area contributed by atoms with Gasteiger partial charge >= 0.3 is 0 Å². The Morgan fingerprint density at radius 3 is 2.93 bits per heavy atom. The highest BCUT2D eigenvalue weighted by Crippen LogP contribution is 2.32. The highest BCUT2D eigenvalue weighted by atomic mass is 35.5. The third-order valence-electron chi connectivity index (χ3n) is 2.97. The number of hydrogen-bond donors (Lipinski definition) is 0. The van der Waals surface area contributed by atoms with Crippen LogP contribution >= 0.6 is 22.9 Å². The molecule has 1 aliphatic carbocycles. The predicted molar refractivity (Wildman–Crippen MR) is 65.4 cm³/mol. The molecular weight excluding hydrogens is 228 g/mol. The standard InChI is InChI=1S/C11H17ClN2S/c1-8(14(2)6-9-3-4-9)11-13-10(5-12)7-15-11/h7-9H,3-6H2,1-2H3. The summed E-state index contributed by atoms with van der Waals surface area (Å²) in [5.41, 5.74) is 1.00. The third-order valence-corrected chi connectivity index (χ3v) is 4.31. The molecule has 2 nitrogen and oxygen atoms in total. The minimum Gasteiger partial charge on any atom is -0.297 e. The zero-order valence-corrected chi connectivity index (χ0v) is 10.8. The van der Waals surface area contributed by atoms with Crippen molar-refractivity contribution in [3.05, 3.63) is 16.1 Å². The predicted octanol–water partition coefficient (Wildman–Crippen LogP) is 3.28. The normalized spacial score (nSPS) is 18.4. The molecule has 0 aliphatic heterocycles. The summed E-state index contributed by atoms with van der Waals surface area (Å²) in [5.74, 6) is 1.46. The van der Waals surface area contributed by atoms with Crippen LogP contribution in [0.15, 0.2) is 5.38 Å². The second kappa shape index (κ2) is 4.81. The summed E-state index contributed by atoms with van der Waals surface area (Å²) in [5, 5.41) is 3.25. The van der Waals surface area contributed by atoms with Gasteiger partial charge in [0.05, 0.1) is 17.6 Å². The molecule has 1 heterocycles. The number of hydrogen-bond acceptors (Lipinski definition) is 3. The summed E-state index contributed by atoms with van der Waals surface area (Å²) in [6, 6.07) is 0.424. The van der Waals surface area contributed by atoms with Crippen LogP contribution in [0.3, 0.4) is 0 Å². The minimum absolute atomic E-state index is 0.424. The number of rotatable bonds is 5. The van der Waals surface area contributed by atoms with Gasteiger partial charge in [0.2, 0.25) is 0 Å². The van der Waals surface area contributed by atoms with E-state index in [2.05, 4.69) is 29.2 Å². The number of nitrogens with zero attached hydrogens (tertiary/aromatic N) is 2. The molecule has 1 aromatic rings. The summed E-state index contributed by atoms with van der Waals surface area (Å²) in [6.07, 6.45) is 2.81. The van der Waals surface area contributed by atoms with Gasteiger partial charge in [0, 0.05) is 11.9 Å². The molecule has 0 N–H and O–H groups in total. The van der Waals surface area contributed by atoms with Crippen LogP contribution in [0.2, 0.25) is 0 Å². The van der Waals surface area contributed by atoms with Crippen LogP contribution in [0.4, 0.5) is 0 Å². The molecular formula is C11H17ClN2S. The Kier molecular flexibility index (Phi) is 3.65. The first-order chi connectivity index (χ1) is 7.20. The fourth-order valence-electron chi connectivity index (χ4n) is 1.63. The molecule has 1 aliphatic rings. The van der Waals surface area contributed by atoms with Gasteiger partial charge in [-0.25, -0.2) is 4.98 Å². The molecule has 4 heteroatoms. The molecule has 0 amide bonds. The van der Waals surface area contributed by atoms with Gasteiger partial charge in [0.25, 0.3) is 0 Å². The lowest BCUT2D eigenvalue weighted by Gasteiger charge is -2.22. The molecule has 1 fully saturated rings. The highest BCUT2D eigenvalue weighted by molar-refractivity contribution is 7.09. The van der Waals surface area contributed by atoms with E-state index in [9.17, 15) is 0 Å². The molecule has 2 rings (SSSR count). The fourth-order valence-corrected chi connectivity index (χ4v) is 2.80. The molecule has 1 aromatic heterocycles. The van der Waals surface area contributed by atoms with Crippen molar-refractivity contribution in [2.45, 2.75) is 31.7 Å².